The highest BCUT2D eigenvalue weighted by molar-refractivity contribution is 6.30. The Morgan fingerprint density at radius 2 is 1.87 bits per heavy atom. The summed E-state index contributed by atoms with van der Waals surface area (Å²) >= 11 is 5.94. The minimum atomic E-state index is -0.685. The molecule has 0 heterocycles. The van der Waals surface area contributed by atoms with Crippen molar-refractivity contribution < 1.29 is 13.6 Å². The number of hydrogen-bond donors (Lipinski definition) is 2. The molecule has 0 saturated carbocycles. The van der Waals surface area contributed by atoms with Gasteiger partial charge in [0.15, 0.2) is 0 Å². The van der Waals surface area contributed by atoms with Crippen LogP contribution >= 0.6 is 11.6 Å². The van der Waals surface area contributed by atoms with Crippen molar-refractivity contribution in [1.29, 1.82) is 0 Å². The molecule has 2 atom stereocenters. The van der Waals surface area contributed by atoms with Crippen LogP contribution in [0.5, 0.6) is 0 Å². The second-order valence-corrected chi connectivity index (χ2v) is 5.71. The van der Waals surface area contributed by atoms with Crippen LogP contribution in [-0.2, 0) is 4.79 Å². The largest absolute Gasteiger partial charge is 0.322 e. The molecule has 6 heteroatoms. The first kappa shape index (κ1) is 17.4. The number of anilines is 1. The van der Waals surface area contributed by atoms with Gasteiger partial charge in [-0.1, -0.05) is 23.7 Å². The summed E-state index contributed by atoms with van der Waals surface area (Å²) in [5.41, 5.74) is 0.744. The molecule has 2 aromatic carbocycles. The average molecular weight is 339 g/mol. The predicted molar refractivity (Wildman–Crippen MR) is 87.5 cm³/mol. The smallest absolute Gasteiger partial charge is 0.241 e. The van der Waals surface area contributed by atoms with E-state index in [2.05, 4.69) is 10.6 Å². The Morgan fingerprint density at radius 3 is 2.57 bits per heavy atom. The fourth-order valence-electron chi connectivity index (χ4n) is 2.16. The lowest BCUT2D eigenvalue weighted by molar-refractivity contribution is -0.118. The summed E-state index contributed by atoms with van der Waals surface area (Å²) in [6, 6.07) is 9.45. The third-order valence-electron chi connectivity index (χ3n) is 3.43. The first-order chi connectivity index (χ1) is 10.9. The predicted octanol–water partition coefficient (Wildman–Crippen LogP) is 4.30. The monoisotopic (exact) mass is 338 g/mol. The van der Waals surface area contributed by atoms with Gasteiger partial charge in [-0.15, -0.1) is 0 Å². The van der Waals surface area contributed by atoms with Crippen LogP contribution in [0.25, 0.3) is 0 Å². The van der Waals surface area contributed by atoms with E-state index in [9.17, 15) is 13.6 Å². The summed E-state index contributed by atoms with van der Waals surface area (Å²) < 4.78 is 26.7. The number of halogens is 3. The second-order valence-electron chi connectivity index (χ2n) is 5.28. The maximum absolute atomic E-state index is 13.5. The summed E-state index contributed by atoms with van der Waals surface area (Å²) in [6.45, 7) is 3.53. The van der Waals surface area contributed by atoms with Crippen LogP contribution < -0.4 is 10.6 Å². The Labute approximate surface area is 138 Å². The van der Waals surface area contributed by atoms with Crippen LogP contribution in [0.2, 0.25) is 5.02 Å². The average Bonchev–Trinajstić information content (AvgIpc) is 2.50. The number of carbonyl (C=O) groups is 1. The molecule has 0 saturated heterocycles. The number of nitrogens with one attached hydrogen (secondary N) is 2. The van der Waals surface area contributed by atoms with Crippen LogP contribution in [0.1, 0.15) is 25.5 Å². The van der Waals surface area contributed by atoms with E-state index in [0.29, 0.717) is 5.02 Å². The minimum Gasteiger partial charge on any atom is -0.322 e. The van der Waals surface area contributed by atoms with Gasteiger partial charge in [-0.3, -0.25) is 10.1 Å². The number of hydrogen-bond acceptors (Lipinski definition) is 2. The molecule has 2 rings (SSSR count). The molecule has 122 valence electrons. The highest BCUT2D eigenvalue weighted by atomic mass is 35.5. The first-order valence-electron chi connectivity index (χ1n) is 7.14. The topological polar surface area (TPSA) is 41.1 Å². The molecule has 0 aromatic heterocycles. The molecule has 0 aliphatic rings. The van der Waals surface area contributed by atoms with Crippen LogP contribution in [-0.4, -0.2) is 11.9 Å². The maximum Gasteiger partial charge on any atom is 0.241 e. The van der Waals surface area contributed by atoms with Gasteiger partial charge in [-0.2, -0.15) is 0 Å². The van der Waals surface area contributed by atoms with Gasteiger partial charge in [0.25, 0.3) is 0 Å². The van der Waals surface area contributed by atoms with Crippen molar-refractivity contribution in [3.63, 3.8) is 0 Å². The second kappa shape index (κ2) is 7.53. The van der Waals surface area contributed by atoms with E-state index in [0.717, 1.165) is 23.8 Å². The number of benzene rings is 2. The van der Waals surface area contributed by atoms with Gasteiger partial charge >= 0.3 is 0 Å². The van der Waals surface area contributed by atoms with Gasteiger partial charge in [0.2, 0.25) is 5.91 Å². The summed E-state index contributed by atoms with van der Waals surface area (Å²) in [7, 11) is 0. The summed E-state index contributed by atoms with van der Waals surface area (Å²) in [5, 5.41) is 6.07. The Kier molecular flexibility index (Phi) is 5.69. The molecule has 1 amide bonds. The van der Waals surface area contributed by atoms with E-state index >= 15 is 0 Å². The van der Waals surface area contributed by atoms with Gasteiger partial charge < -0.3 is 5.32 Å². The van der Waals surface area contributed by atoms with Crippen LogP contribution in [0.3, 0.4) is 0 Å². The molecule has 0 fully saturated rings. The third-order valence-corrected chi connectivity index (χ3v) is 3.66. The molecule has 2 N–H and O–H groups in total. The molecule has 0 aliphatic heterocycles. The van der Waals surface area contributed by atoms with E-state index in [4.69, 9.17) is 11.6 Å². The molecule has 2 unspecified atom stereocenters. The molecular weight excluding hydrogens is 322 g/mol. The molecule has 0 spiro atoms. The van der Waals surface area contributed by atoms with Crippen molar-refractivity contribution in [3.8, 4) is 0 Å². The molecule has 0 radical (unpaired) electrons. The Bertz CT molecular complexity index is 709. The van der Waals surface area contributed by atoms with Gasteiger partial charge in [-0.05, 0) is 43.7 Å². The van der Waals surface area contributed by atoms with Crippen LogP contribution in [0.4, 0.5) is 14.5 Å². The Balaban J connectivity index is 2.01. The zero-order valence-corrected chi connectivity index (χ0v) is 13.5. The number of carbonyl (C=O) groups excluding carboxylic acids is 1. The lowest BCUT2D eigenvalue weighted by atomic mass is 10.1. The lowest BCUT2D eigenvalue weighted by Gasteiger charge is -2.20. The van der Waals surface area contributed by atoms with Crippen LogP contribution in [0.15, 0.2) is 42.5 Å². The summed E-state index contributed by atoms with van der Waals surface area (Å²) in [5.74, 6) is -1.76. The van der Waals surface area contributed by atoms with E-state index in [-0.39, 0.29) is 11.7 Å². The van der Waals surface area contributed by atoms with E-state index in [1.54, 1.807) is 19.1 Å². The molecule has 3 nitrogen and oxygen atoms in total. The van der Waals surface area contributed by atoms with Crippen LogP contribution in [0, 0.1) is 11.6 Å². The molecule has 0 aliphatic carbocycles. The fourth-order valence-corrected chi connectivity index (χ4v) is 2.36. The Hall–Kier alpha value is -1.98. The van der Waals surface area contributed by atoms with Crippen molar-refractivity contribution in [1.82, 2.24) is 5.32 Å². The number of amides is 1. The Morgan fingerprint density at radius 1 is 1.13 bits per heavy atom. The van der Waals surface area contributed by atoms with Gasteiger partial charge in [0, 0.05) is 17.1 Å². The molecule has 0 bridgehead atoms. The quantitative estimate of drug-likeness (QED) is 0.853. The van der Waals surface area contributed by atoms with Gasteiger partial charge in [-0.25, -0.2) is 8.78 Å². The minimum absolute atomic E-state index is 0.133. The van der Waals surface area contributed by atoms with Gasteiger partial charge in [0.1, 0.15) is 11.6 Å². The van der Waals surface area contributed by atoms with Crippen molar-refractivity contribution in [2.75, 3.05) is 5.32 Å². The summed E-state index contributed by atoms with van der Waals surface area (Å²) in [4.78, 5) is 12.1. The summed E-state index contributed by atoms with van der Waals surface area (Å²) in [6.07, 6.45) is 0. The molecule has 2 aromatic rings. The standard InChI is InChI=1S/C17H17ClF2N2O/c1-10(12-4-3-5-13(18)8-12)21-11(2)17(23)22-16-9-14(19)6-7-15(16)20/h3-11,21H,1-2H3,(H,22,23). The first-order valence-corrected chi connectivity index (χ1v) is 7.52. The van der Waals surface area contributed by atoms with Crippen molar-refractivity contribution in [2.45, 2.75) is 25.9 Å². The number of rotatable bonds is 5. The maximum atomic E-state index is 13.5. The van der Waals surface area contributed by atoms with E-state index in [1.165, 1.54) is 0 Å². The molecule has 23 heavy (non-hydrogen) atoms. The zero-order valence-electron chi connectivity index (χ0n) is 12.7. The van der Waals surface area contributed by atoms with E-state index < -0.39 is 23.6 Å². The highest BCUT2D eigenvalue weighted by Gasteiger charge is 2.18. The highest BCUT2D eigenvalue weighted by Crippen LogP contribution is 2.19. The van der Waals surface area contributed by atoms with Crippen molar-refractivity contribution in [2.24, 2.45) is 0 Å². The zero-order chi connectivity index (χ0) is 17.0. The fraction of sp³-hybridized carbons (Fsp3) is 0.235. The van der Waals surface area contributed by atoms with E-state index in [1.807, 2.05) is 19.1 Å². The molecular formula is C17H17ClF2N2O. The van der Waals surface area contributed by atoms with Gasteiger partial charge in [0.05, 0.1) is 11.7 Å². The van der Waals surface area contributed by atoms with Crippen molar-refractivity contribution >= 4 is 23.2 Å². The lowest BCUT2D eigenvalue weighted by Crippen LogP contribution is -2.39. The normalized spacial score (nSPS) is 13.4. The third kappa shape index (κ3) is 4.74. The van der Waals surface area contributed by atoms with Crippen molar-refractivity contribution in [3.05, 3.63) is 64.7 Å². The SMILES string of the molecule is CC(NC(C)c1cccc(Cl)c1)C(=O)Nc1cc(F)ccc1F.